The van der Waals surface area contributed by atoms with Gasteiger partial charge in [-0.1, -0.05) is 36.0 Å². The number of rotatable bonds is 6. The van der Waals surface area contributed by atoms with Gasteiger partial charge in [0.05, 0.1) is 11.9 Å². The molecular formula is C13H18O5S2. The summed E-state index contributed by atoms with van der Waals surface area (Å²) >= 11 is 0.914. The molecule has 5 nitrogen and oxygen atoms in total. The molecule has 0 amide bonds. The smallest absolute Gasteiger partial charge is 0.185 e. The van der Waals surface area contributed by atoms with Crippen molar-refractivity contribution in [3.8, 4) is 0 Å². The lowest BCUT2D eigenvalue weighted by atomic mass is 10.0. The van der Waals surface area contributed by atoms with Crippen molar-refractivity contribution in [2.75, 3.05) is 12.0 Å². The molecule has 20 heavy (non-hydrogen) atoms. The Kier molecular flexibility index (Phi) is 6.19. The van der Waals surface area contributed by atoms with Crippen molar-refractivity contribution in [2.45, 2.75) is 24.9 Å². The molecule has 1 rings (SSSR count). The average Bonchev–Trinajstić information content (AvgIpc) is 2.33. The Morgan fingerprint density at radius 1 is 1.30 bits per heavy atom. The van der Waals surface area contributed by atoms with Crippen molar-refractivity contribution in [1.82, 2.24) is 0 Å². The van der Waals surface area contributed by atoms with Gasteiger partial charge in [-0.2, -0.15) is 0 Å². The molecule has 2 N–H and O–H groups in total. The molecule has 0 heterocycles. The average molecular weight is 318 g/mol. The molecule has 7 heteroatoms. The van der Waals surface area contributed by atoms with Crippen LogP contribution < -0.4 is 0 Å². The van der Waals surface area contributed by atoms with Crippen LogP contribution in [-0.4, -0.2) is 41.9 Å². The largest absolute Gasteiger partial charge is 0.389 e. The molecule has 1 aromatic rings. The standard InChI is InChI=1S/C13H18O5S2/c1-9(14)19-7-12(15)13(16)11-6-4-3-5-10(11)8-20(2,17)18/h3-6,12-13,15-16H,7-8H2,1-2H3. The summed E-state index contributed by atoms with van der Waals surface area (Å²) in [4.78, 5) is 10.9. The van der Waals surface area contributed by atoms with Crippen LogP contribution in [0.15, 0.2) is 24.3 Å². The molecule has 0 radical (unpaired) electrons. The highest BCUT2D eigenvalue weighted by Crippen LogP contribution is 2.24. The summed E-state index contributed by atoms with van der Waals surface area (Å²) in [5, 5.41) is 19.8. The van der Waals surface area contributed by atoms with Crippen LogP contribution in [0.3, 0.4) is 0 Å². The van der Waals surface area contributed by atoms with Gasteiger partial charge in [0.2, 0.25) is 0 Å². The topological polar surface area (TPSA) is 91.7 Å². The van der Waals surface area contributed by atoms with Gasteiger partial charge in [-0.3, -0.25) is 4.79 Å². The van der Waals surface area contributed by atoms with E-state index in [1.54, 1.807) is 24.3 Å². The highest BCUT2D eigenvalue weighted by molar-refractivity contribution is 8.13. The maximum atomic E-state index is 11.4. The van der Waals surface area contributed by atoms with Crippen molar-refractivity contribution in [3.05, 3.63) is 35.4 Å². The first kappa shape index (κ1) is 17.2. The number of sulfone groups is 1. The number of carbonyl (C=O) groups excluding carboxylic acids is 1. The number of benzene rings is 1. The van der Waals surface area contributed by atoms with Crippen LogP contribution >= 0.6 is 11.8 Å². The van der Waals surface area contributed by atoms with E-state index in [-0.39, 0.29) is 16.6 Å². The molecular weight excluding hydrogens is 300 g/mol. The molecule has 0 aliphatic rings. The second-order valence-corrected chi connectivity index (χ2v) is 7.92. The lowest BCUT2D eigenvalue weighted by molar-refractivity contribution is -0.109. The summed E-state index contributed by atoms with van der Waals surface area (Å²) in [5.41, 5.74) is 0.823. The van der Waals surface area contributed by atoms with E-state index in [1.807, 2.05) is 0 Å². The van der Waals surface area contributed by atoms with Crippen LogP contribution in [-0.2, 0) is 20.4 Å². The quantitative estimate of drug-likeness (QED) is 0.810. The number of hydrogen-bond donors (Lipinski definition) is 2. The monoisotopic (exact) mass is 318 g/mol. The van der Waals surface area contributed by atoms with Gasteiger partial charge >= 0.3 is 0 Å². The maximum Gasteiger partial charge on any atom is 0.185 e. The Morgan fingerprint density at radius 3 is 2.45 bits per heavy atom. The van der Waals surface area contributed by atoms with Gasteiger partial charge in [-0.15, -0.1) is 0 Å². The zero-order valence-electron chi connectivity index (χ0n) is 11.3. The van der Waals surface area contributed by atoms with Crippen molar-refractivity contribution in [2.24, 2.45) is 0 Å². The molecule has 0 fully saturated rings. The summed E-state index contributed by atoms with van der Waals surface area (Å²) in [7, 11) is -3.24. The molecule has 0 spiro atoms. The zero-order valence-corrected chi connectivity index (χ0v) is 12.9. The number of aliphatic hydroxyl groups excluding tert-OH is 2. The fraction of sp³-hybridized carbons (Fsp3) is 0.462. The van der Waals surface area contributed by atoms with Gasteiger partial charge < -0.3 is 10.2 Å². The number of carbonyl (C=O) groups is 1. The molecule has 112 valence electrons. The minimum atomic E-state index is -3.24. The van der Waals surface area contributed by atoms with Gasteiger partial charge in [-0.25, -0.2) is 8.42 Å². The van der Waals surface area contributed by atoms with Gasteiger partial charge in [0.1, 0.15) is 6.10 Å². The summed E-state index contributed by atoms with van der Waals surface area (Å²) < 4.78 is 22.7. The van der Waals surface area contributed by atoms with E-state index in [9.17, 15) is 23.4 Å². The van der Waals surface area contributed by atoms with Crippen molar-refractivity contribution < 1.29 is 23.4 Å². The fourth-order valence-electron chi connectivity index (χ4n) is 1.74. The predicted molar refractivity (Wildman–Crippen MR) is 79.1 cm³/mol. The summed E-state index contributed by atoms with van der Waals surface area (Å²) in [5.74, 6) is -0.142. The number of aliphatic hydroxyl groups is 2. The van der Waals surface area contributed by atoms with E-state index in [2.05, 4.69) is 0 Å². The lowest BCUT2D eigenvalue weighted by Crippen LogP contribution is -2.23. The van der Waals surface area contributed by atoms with E-state index in [4.69, 9.17) is 0 Å². The van der Waals surface area contributed by atoms with Gasteiger partial charge in [0.15, 0.2) is 15.0 Å². The normalized spacial score (nSPS) is 14.8. The molecule has 0 saturated carbocycles. The maximum absolute atomic E-state index is 11.4. The third kappa shape index (κ3) is 5.62. The van der Waals surface area contributed by atoms with Crippen molar-refractivity contribution >= 4 is 26.7 Å². The lowest BCUT2D eigenvalue weighted by Gasteiger charge is -2.20. The van der Waals surface area contributed by atoms with Crippen LogP contribution in [0.5, 0.6) is 0 Å². The Bertz CT molecular complexity index is 568. The molecule has 0 saturated heterocycles. The molecule has 2 unspecified atom stereocenters. The van der Waals surface area contributed by atoms with Gasteiger partial charge in [0, 0.05) is 18.9 Å². The SMILES string of the molecule is CC(=O)SCC(O)C(O)c1ccccc1CS(C)(=O)=O. The molecule has 0 aliphatic carbocycles. The third-order valence-electron chi connectivity index (χ3n) is 2.61. The molecule has 0 aliphatic heterocycles. The Morgan fingerprint density at radius 2 is 1.90 bits per heavy atom. The van der Waals surface area contributed by atoms with Crippen molar-refractivity contribution in [3.63, 3.8) is 0 Å². The van der Waals surface area contributed by atoms with E-state index >= 15 is 0 Å². The molecule has 2 atom stereocenters. The second kappa shape index (κ2) is 7.21. The van der Waals surface area contributed by atoms with Crippen LogP contribution in [0.4, 0.5) is 0 Å². The first-order valence-corrected chi connectivity index (χ1v) is 9.00. The molecule has 1 aromatic carbocycles. The minimum absolute atomic E-state index is 0.0592. The fourth-order valence-corrected chi connectivity index (χ4v) is 3.15. The summed E-state index contributed by atoms with van der Waals surface area (Å²) in [6.07, 6.45) is -1.25. The number of hydrogen-bond acceptors (Lipinski definition) is 6. The van der Waals surface area contributed by atoms with Crippen LogP contribution in [0, 0.1) is 0 Å². The first-order valence-electron chi connectivity index (χ1n) is 5.95. The summed E-state index contributed by atoms with van der Waals surface area (Å²) in [6, 6.07) is 6.51. The van der Waals surface area contributed by atoms with Crippen LogP contribution in [0.25, 0.3) is 0 Å². The first-order chi connectivity index (χ1) is 9.20. The predicted octanol–water partition coefficient (Wildman–Crippen LogP) is 0.905. The molecule has 0 bridgehead atoms. The number of thioether (sulfide) groups is 1. The Labute approximate surface area is 122 Å². The van der Waals surface area contributed by atoms with E-state index in [1.165, 1.54) is 6.92 Å². The third-order valence-corrected chi connectivity index (χ3v) is 4.36. The second-order valence-electron chi connectivity index (χ2n) is 4.58. The summed E-state index contributed by atoms with van der Waals surface area (Å²) in [6.45, 7) is 1.38. The van der Waals surface area contributed by atoms with Crippen LogP contribution in [0.2, 0.25) is 0 Å². The Balaban J connectivity index is 2.92. The van der Waals surface area contributed by atoms with E-state index < -0.39 is 22.0 Å². The van der Waals surface area contributed by atoms with Crippen LogP contribution in [0.1, 0.15) is 24.2 Å². The van der Waals surface area contributed by atoms with E-state index in [0.29, 0.717) is 11.1 Å². The van der Waals surface area contributed by atoms with Gasteiger partial charge in [0.25, 0.3) is 0 Å². The minimum Gasteiger partial charge on any atom is -0.389 e. The Hall–Kier alpha value is -0.890. The van der Waals surface area contributed by atoms with E-state index in [0.717, 1.165) is 18.0 Å². The molecule has 0 aromatic heterocycles. The van der Waals surface area contributed by atoms with Gasteiger partial charge in [-0.05, 0) is 11.1 Å². The highest BCUT2D eigenvalue weighted by atomic mass is 32.2. The zero-order chi connectivity index (χ0) is 15.3. The highest BCUT2D eigenvalue weighted by Gasteiger charge is 2.22. The van der Waals surface area contributed by atoms with Crippen molar-refractivity contribution in [1.29, 1.82) is 0 Å².